The van der Waals surface area contributed by atoms with Gasteiger partial charge in [-0.2, -0.15) is 0 Å². The van der Waals surface area contributed by atoms with Gasteiger partial charge in [0.15, 0.2) is 0 Å². The molecule has 1 fully saturated rings. The van der Waals surface area contributed by atoms with E-state index in [1.54, 1.807) is 0 Å². The quantitative estimate of drug-likeness (QED) is 0.921. The SMILES string of the molecule is CC(O)CC1CCCN1Cc1ccc(F)c(Br)c1. The third-order valence-corrected chi connectivity index (χ3v) is 4.09. The van der Waals surface area contributed by atoms with E-state index in [0.29, 0.717) is 10.5 Å². The molecular formula is C14H19BrFNO. The Kier molecular flexibility index (Phi) is 4.76. The number of halogens is 2. The van der Waals surface area contributed by atoms with E-state index in [4.69, 9.17) is 0 Å². The molecule has 0 bridgehead atoms. The van der Waals surface area contributed by atoms with Crippen LogP contribution in [0.25, 0.3) is 0 Å². The molecule has 1 N–H and O–H groups in total. The molecule has 0 aromatic heterocycles. The van der Waals surface area contributed by atoms with E-state index in [9.17, 15) is 9.50 Å². The monoisotopic (exact) mass is 315 g/mol. The van der Waals surface area contributed by atoms with Crippen LogP contribution >= 0.6 is 15.9 Å². The molecule has 18 heavy (non-hydrogen) atoms. The van der Waals surface area contributed by atoms with Crippen LogP contribution < -0.4 is 0 Å². The van der Waals surface area contributed by atoms with E-state index in [1.807, 2.05) is 19.1 Å². The van der Waals surface area contributed by atoms with Gasteiger partial charge in [-0.3, -0.25) is 4.90 Å². The predicted molar refractivity (Wildman–Crippen MR) is 73.8 cm³/mol. The van der Waals surface area contributed by atoms with Gasteiger partial charge in [-0.15, -0.1) is 0 Å². The lowest BCUT2D eigenvalue weighted by Gasteiger charge is -2.25. The van der Waals surface area contributed by atoms with Crippen LogP contribution in [0.3, 0.4) is 0 Å². The first-order valence-electron chi connectivity index (χ1n) is 6.42. The van der Waals surface area contributed by atoms with E-state index in [2.05, 4.69) is 20.8 Å². The lowest BCUT2D eigenvalue weighted by Crippen LogP contribution is -2.31. The van der Waals surface area contributed by atoms with Crippen molar-refractivity contribution >= 4 is 15.9 Å². The summed E-state index contributed by atoms with van der Waals surface area (Å²) in [5.74, 6) is -0.222. The molecule has 0 radical (unpaired) electrons. The van der Waals surface area contributed by atoms with Crippen LogP contribution in [0.1, 0.15) is 31.7 Å². The van der Waals surface area contributed by atoms with Gasteiger partial charge in [-0.25, -0.2) is 4.39 Å². The predicted octanol–water partition coefficient (Wildman–Crippen LogP) is 3.32. The van der Waals surface area contributed by atoms with Gasteiger partial charge in [0, 0.05) is 12.6 Å². The molecule has 0 saturated carbocycles. The zero-order chi connectivity index (χ0) is 13.1. The third-order valence-electron chi connectivity index (χ3n) is 3.48. The summed E-state index contributed by atoms with van der Waals surface area (Å²) >= 11 is 3.22. The Bertz CT molecular complexity index is 411. The summed E-state index contributed by atoms with van der Waals surface area (Å²) in [5.41, 5.74) is 1.11. The number of likely N-dealkylation sites (tertiary alicyclic amines) is 1. The maximum atomic E-state index is 13.2. The van der Waals surface area contributed by atoms with Crippen molar-refractivity contribution in [3.8, 4) is 0 Å². The normalized spacial score (nSPS) is 22.3. The minimum absolute atomic E-state index is 0.222. The van der Waals surface area contributed by atoms with E-state index in [1.165, 1.54) is 12.5 Å². The molecule has 0 amide bonds. The molecule has 100 valence electrons. The van der Waals surface area contributed by atoms with Crippen LogP contribution in [-0.2, 0) is 6.54 Å². The Balaban J connectivity index is 2.01. The zero-order valence-electron chi connectivity index (χ0n) is 10.6. The Morgan fingerprint density at radius 2 is 2.33 bits per heavy atom. The molecule has 1 aromatic rings. The number of hydrogen-bond donors (Lipinski definition) is 1. The van der Waals surface area contributed by atoms with Gasteiger partial charge in [-0.1, -0.05) is 6.07 Å². The van der Waals surface area contributed by atoms with Gasteiger partial charge in [0.05, 0.1) is 10.6 Å². The minimum Gasteiger partial charge on any atom is -0.393 e. The van der Waals surface area contributed by atoms with Crippen molar-refractivity contribution in [2.24, 2.45) is 0 Å². The first-order valence-corrected chi connectivity index (χ1v) is 7.21. The highest BCUT2D eigenvalue weighted by molar-refractivity contribution is 9.10. The first kappa shape index (κ1) is 14.0. The van der Waals surface area contributed by atoms with Gasteiger partial charge in [0.25, 0.3) is 0 Å². The molecule has 1 heterocycles. The van der Waals surface area contributed by atoms with Crippen molar-refractivity contribution in [2.75, 3.05) is 6.54 Å². The average Bonchev–Trinajstić information content (AvgIpc) is 2.70. The number of nitrogens with zero attached hydrogens (tertiary/aromatic N) is 1. The summed E-state index contributed by atoms with van der Waals surface area (Å²) in [6.07, 6.45) is 2.89. The lowest BCUT2D eigenvalue weighted by atomic mass is 10.1. The molecule has 0 spiro atoms. The van der Waals surface area contributed by atoms with Crippen molar-refractivity contribution in [1.82, 2.24) is 4.90 Å². The largest absolute Gasteiger partial charge is 0.393 e. The maximum absolute atomic E-state index is 13.2. The molecule has 2 unspecified atom stereocenters. The van der Waals surface area contributed by atoms with E-state index < -0.39 is 0 Å². The van der Waals surface area contributed by atoms with Crippen LogP contribution in [0.5, 0.6) is 0 Å². The highest BCUT2D eigenvalue weighted by Crippen LogP contribution is 2.25. The lowest BCUT2D eigenvalue weighted by molar-refractivity contribution is 0.131. The zero-order valence-corrected chi connectivity index (χ0v) is 12.2. The van der Waals surface area contributed by atoms with Crippen molar-refractivity contribution in [1.29, 1.82) is 0 Å². The van der Waals surface area contributed by atoms with Gasteiger partial charge in [-0.05, 0) is 66.4 Å². The fraction of sp³-hybridized carbons (Fsp3) is 0.571. The molecule has 1 aliphatic rings. The molecular weight excluding hydrogens is 297 g/mol. The van der Waals surface area contributed by atoms with Crippen LogP contribution in [-0.4, -0.2) is 28.7 Å². The molecule has 1 aliphatic heterocycles. The van der Waals surface area contributed by atoms with E-state index >= 15 is 0 Å². The van der Waals surface area contributed by atoms with Crippen LogP contribution in [0.4, 0.5) is 4.39 Å². The average molecular weight is 316 g/mol. The van der Waals surface area contributed by atoms with Crippen LogP contribution in [0.15, 0.2) is 22.7 Å². The first-order chi connectivity index (χ1) is 8.56. The molecule has 4 heteroatoms. The number of aliphatic hydroxyl groups is 1. The molecule has 0 aliphatic carbocycles. The second-order valence-corrected chi connectivity index (χ2v) is 5.95. The maximum Gasteiger partial charge on any atom is 0.137 e. The summed E-state index contributed by atoms with van der Waals surface area (Å²) in [6.45, 7) is 3.73. The Morgan fingerprint density at radius 3 is 3.00 bits per heavy atom. The molecule has 2 atom stereocenters. The smallest absolute Gasteiger partial charge is 0.137 e. The van der Waals surface area contributed by atoms with Crippen molar-refractivity contribution in [2.45, 2.75) is 44.9 Å². The fourth-order valence-electron chi connectivity index (χ4n) is 2.64. The Morgan fingerprint density at radius 1 is 1.56 bits per heavy atom. The second kappa shape index (κ2) is 6.13. The summed E-state index contributed by atoms with van der Waals surface area (Å²) in [7, 11) is 0. The highest BCUT2D eigenvalue weighted by Gasteiger charge is 2.25. The van der Waals surface area contributed by atoms with Gasteiger partial charge in [0.1, 0.15) is 5.82 Å². The number of benzene rings is 1. The minimum atomic E-state index is -0.254. The standard InChI is InChI=1S/C14H19BrFNO/c1-10(18)7-12-3-2-6-17(12)9-11-4-5-14(16)13(15)8-11/h4-5,8,10,12,18H,2-3,6-7,9H2,1H3. The topological polar surface area (TPSA) is 23.5 Å². The van der Waals surface area contributed by atoms with Gasteiger partial charge in [0.2, 0.25) is 0 Å². The summed E-state index contributed by atoms with van der Waals surface area (Å²) in [6, 6.07) is 5.62. The molecule has 2 rings (SSSR count). The summed E-state index contributed by atoms with van der Waals surface area (Å²) in [4.78, 5) is 2.38. The van der Waals surface area contributed by atoms with Crippen LogP contribution in [0, 0.1) is 5.82 Å². The Hall–Kier alpha value is -0.450. The summed E-state index contributed by atoms with van der Waals surface area (Å²) < 4.78 is 13.7. The number of rotatable bonds is 4. The number of hydrogen-bond acceptors (Lipinski definition) is 2. The van der Waals surface area contributed by atoms with Gasteiger partial charge >= 0.3 is 0 Å². The van der Waals surface area contributed by atoms with Gasteiger partial charge < -0.3 is 5.11 Å². The highest BCUT2D eigenvalue weighted by atomic mass is 79.9. The Labute approximate surface area is 116 Å². The molecule has 1 saturated heterocycles. The van der Waals surface area contributed by atoms with E-state index in [-0.39, 0.29) is 11.9 Å². The fourth-order valence-corrected chi connectivity index (χ4v) is 3.06. The van der Waals surface area contributed by atoms with E-state index in [0.717, 1.165) is 31.5 Å². The van der Waals surface area contributed by atoms with Crippen molar-refractivity contribution < 1.29 is 9.50 Å². The second-order valence-electron chi connectivity index (χ2n) is 5.10. The summed E-state index contributed by atoms with van der Waals surface area (Å²) in [5, 5.41) is 9.49. The molecule has 2 nitrogen and oxygen atoms in total. The number of aliphatic hydroxyl groups excluding tert-OH is 1. The van der Waals surface area contributed by atoms with Crippen molar-refractivity contribution in [3.63, 3.8) is 0 Å². The molecule has 1 aromatic carbocycles. The third kappa shape index (κ3) is 3.53. The van der Waals surface area contributed by atoms with Crippen LogP contribution in [0.2, 0.25) is 0 Å². The van der Waals surface area contributed by atoms with Crippen molar-refractivity contribution in [3.05, 3.63) is 34.1 Å².